The van der Waals surface area contributed by atoms with Crippen LogP contribution in [0.3, 0.4) is 0 Å². The molecule has 0 saturated carbocycles. The van der Waals surface area contributed by atoms with E-state index in [1.807, 2.05) is 0 Å². The molecule has 1 aliphatic rings. The first-order chi connectivity index (χ1) is 9.16. The van der Waals surface area contributed by atoms with Crippen molar-refractivity contribution >= 4 is 30.7 Å². The number of hydrogen-bond donors (Lipinski definition) is 2. The quantitative estimate of drug-likeness (QED) is 0.831. The molecule has 0 bridgehead atoms. The number of imidazole rings is 1. The zero-order chi connectivity index (χ0) is 13.7. The number of carbonyl (C=O) groups excluding carboxylic acids is 1. The molecule has 0 spiro atoms. The van der Waals surface area contributed by atoms with Crippen LogP contribution in [0, 0.1) is 5.92 Å². The van der Waals surface area contributed by atoms with E-state index in [0.717, 1.165) is 30.5 Å². The van der Waals surface area contributed by atoms with Gasteiger partial charge in [-0.25, -0.2) is 4.98 Å². The van der Waals surface area contributed by atoms with E-state index in [-0.39, 0.29) is 43.1 Å². The van der Waals surface area contributed by atoms with Gasteiger partial charge in [-0.1, -0.05) is 0 Å². The molecule has 2 rings (SSSR count). The summed E-state index contributed by atoms with van der Waals surface area (Å²) < 4.78 is 25.8. The number of nitrogens with one attached hydrogen (secondary N) is 2. The molecule has 1 aliphatic heterocycles. The van der Waals surface area contributed by atoms with Gasteiger partial charge in [0.05, 0.1) is 6.54 Å². The molecule has 0 aromatic carbocycles. The molecule has 1 atom stereocenters. The molecule has 2 N–H and O–H groups in total. The minimum atomic E-state index is -2.63. The number of amides is 1. The van der Waals surface area contributed by atoms with Gasteiger partial charge in [-0.2, -0.15) is 8.78 Å². The maximum atomic E-state index is 12.5. The highest BCUT2D eigenvalue weighted by atomic mass is 35.5. The van der Waals surface area contributed by atoms with Crippen LogP contribution in [-0.4, -0.2) is 28.5 Å². The molecule has 1 amide bonds. The van der Waals surface area contributed by atoms with Gasteiger partial charge in [0.2, 0.25) is 5.91 Å². The molecular formula is C12H20Cl2F2N4O. The van der Waals surface area contributed by atoms with Crippen LogP contribution in [-0.2, 0) is 11.3 Å². The number of hydrogen-bond acceptors (Lipinski definition) is 3. The SMILES string of the molecule is Cl.Cl.O=C(CCC1CCNC1)NCc1nccn1C(F)F. The van der Waals surface area contributed by atoms with Crippen LogP contribution in [0.4, 0.5) is 8.78 Å². The van der Waals surface area contributed by atoms with Gasteiger partial charge < -0.3 is 10.6 Å². The summed E-state index contributed by atoms with van der Waals surface area (Å²) in [7, 11) is 0. The fourth-order valence-corrected chi connectivity index (χ4v) is 2.22. The molecule has 1 fully saturated rings. The van der Waals surface area contributed by atoms with Gasteiger partial charge in [-0.3, -0.25) is 9.36 Å². The molecule has 1 unspecified atom stereocenters. The molecule has 2 heterocycles. The molecule has 9 heteroatoms. The molecule has 1 aromatic rings. The number of aromatic nitrogens is 2. The molecule has 0 aliphatic carbocycles. The van der Waals surface area contributed by atoms with Gasteiger partial charge >= 0.3 is 6.55 Å². The van der Waals surface area contributed by atoms with Crippen molar-refractivity contribution in [2.24, 2.45) is 5.92 Å². The first-order valence-electron chi connectivity index (χ1n) is 6.44. The van der Waals surface area contributed by atoms with Crippen LogP contribution in [0.15, 0.2) is 12.4 Å². The van der Waals surface area contributed by atoms with E-state index in [9.17, 15) is 13.6 Å². The van der Waals surface area contributed by atoms with E-state index in [0.29, 0.717) is 12.3 Å². The summed E-state index contributed by atoms with van der Waals surface area (Å²) in [5.74, 6) is 0.607. The van der Waals surface area contributed by atoms with E-state index in [1.54, 1.807) is 0 Å². The lowest BCUT2D eigenvalue weighted by molar-refractivity contribution is -0.121. The number of nitrogens with zero attached hydrogens (tertiary/aromatic N) is 2. The van der Waals surface area contributed by atoms with Crippen LogP contribution >= 0.6 is 24.8 Å². The third kappa shape index (κ3) is 6.15. The zero-order valence-electron chi connectivity index (χ0n) is 11.4. The smallest absolute Gasteiger partial charge is 0.319 e. The average Bonchev–Trinajstić information content (AvgIpc) is 3.04. The number of alkyl halides is 2. The number of halogens is 4. The zero-order valence-corrected chi connectivity index (χ0v) is 13.1. The summed E-state index contributed by atoms with van der Waals surface area (Å²) in [4.78, 5) is 15.4. The largest absolute Gasteiger partial charge is 0.349 e. The van der Waals surface area contributed by atoms with Crippen LogP contribution < -0.4 is 10.6 Å². The van der Waals surface area contributed by atoms with Gasteiger partial charge in [0.1, 0.15) is 5.82 Å². The van der Waals surface area contributed by atoms with Gasteiger partial charge in [-0.15, -0.1) is 24.8 Å². The van der Waals surface area contributed by atoms with Gasteiger partial charge in [0.15, 0.2) is 0 Å². The first kappa shape index (κ1) is 20.1. The maximum Gasteiger partial charge on any atom is 0.319 e. The Labute approximate surface area is 134 Å². The summed E-state index contributed by atoms with van der Waals surface area (Å²) >= 11 is 0. The Morgan fingerprint density at radius 3 is 2.90 bits per heavy atom. The Morgan fingerprint density at radius 1 is 1.52 bits per heavy atom. The molecular weight excluding hydrogens is 325 g/mol. The van der Waals surface area contributed by atoms with Gasteiger partial charge in [0.25, 0.3) is 0 Å². The molecule has 5 nitrogen and oxygen atoms in total. The Kier molecular flexibility index (Phi) is 9.48. The second kappa shape index (κ2) is 9.92. The lowest BCUT2D eigenvalue weighted by Gasteiger charge is -2.09. The lowest BCUT2D eigenvalue weighted by atomic mass is 10.0. The molecule has 21 heavy (non-hydrogen) atoms. The highest BCUT2D eigenvalue weighted by Gasteiger charge is 2.16. The molecule has 1 saturated heterocycles. The fraction of sp³-hybridized carbons (Fsp3) is 0.667. The minimum absolute atomic E-state index is 0. The van der Waals surface area contributed by atoms with Crippen molar-refractivity contribution in [3.63, 3.8) is 0 Å². The van der Waals surface area contributed by atoms with Gasteiger partial charge in [-0.05, 0) is 31.8 Å². The van der Waals surface area contributed by atoms with E-state index in [2.05, 4.69) is 15.6 Å². The Morgan fingerprint density at radius 2 is 2.29 bits per heavy atom. The standard InChI is InChI=1S/C12H18F2N4O.2ClH/c13-12(14)18-6-5-16-10(18)8-17-11(19)2-1-9-3-4-15-7-9;;/h5-6,9,12,15H,1-4,7-8H2,(H,17,19);2*1H. The highest BCUT2D eigenvalue weighted by molar-refractivity contribution is 5.85. The topological polar surface area (TPSA) is 59.0 Å². The predicted octanol–water partition coefficient (Wildman–Crippen LogP) is 2.13. The van der Waals surface area contributed by atoms with Crippen molar-refractivity contribution < 1.29 is 13.6 Å². The summed E-state index contributed by atoms with van der Waals surface area (Å²) in [5, 5.41) is 5.87. The lowest BCUT2D eigenvalue weighted by Crippen LogP contribution is -2.25. The Balaban J connectivity index is 0.00000200. The van der Waals surface area contributed by atoms with E-state index in [1.165, 1.54) is 12.4 Å². The van der Waals surface area contributed by atoms with Crippen LogP contribution in [0.5, 0.6) is 0 Å². The van der Waals surface area contributed by atoms with E-state index >= 15 is 0 Å². The summed E-state index contributed by atoms with van der Waals surface area (Å²) in [6.45, 7) is -0.612. The van der Waals surface area contributed by atoms with Crippen molar-refractivity contribution in [3.8, 4) is 0 Å². The maximum absolute atomic E-state index is 12.5. The van der Waals surface area contributed by atoms with Crippen molar-refractivity contribution in [2.75, 3.05) is 13.1 Å². The van der Waals surface area contributed by atoms with Crippen molar-refractivity contribution in [2.45, 2.75) is 32.4 Å². The third-order valence-electron chi connectivity index (χ3n) is 3.34. The molecule has 0 radical (unpaired) electrons. The second-order valence-electron chi connectivity index (χ2n) is 4.70. The number of carbonyl (C=O) groups is 1. The van der Waals surface area contributed by atoms with Gasteiger partial charge in [0, 0.05) is 18.8 Å². The number of rotatable bonds is 6. The average molecular weight is 345 g/mol. The molecule has 122 valence electrons. The van der Waals surface area contributed by atoms with Crippen molar-refractivity contribution in [1.82, 2.24) is 20.2 Å². The van der Waals surface area contributed by atoms with E-state index in [4.69, 9.17) is 0 Å². The summed E-state index contributed by atoms with van der Waals surface area (Å²) in [5.41, 5.74) is 0. The Hall–Kier alpha value is -0.920. The molecule has 1 aromatic heterocycles. The predicted molar refractivity (Wildman–Crippen MR) is 80.0 cm³/mol. The first-order valence-corrected chi connectivity index (χ1v) is 6.44. The minimum Gasteiger partial charge on any atom is -0.349 e. The normalized spacial score (nSPS) is 17.2. The van der Waals surface area contributed by atoms with Crippen molar-refractivity contribution in [1.29, 1.82) is 0 Å². The Bertz CT molecular complexity index is 425. The third-order valence-corrected chi connectivity index (χ3v) is 3.34. The van der Waals surface area contributed by atoms with Crippen LogP contribution in [0.2, 0.25) is 0 Å². The van der Waals surface area contributed by atoms with E-state index < -0.39 is 6.55 Å². The summed E-state index contributed by atoms with van der Waals surface area (Å²) in [6, 6.07) is 0. The monoisotopic (exact) mass is 344 g/mol. The second-order valence-corrected chi connectivity index (χ2v) is 4.70. The van der Waals surface area contributed by atoms with Crippen LogP contribution in [0.1, 0.15) is 31.6 Å². The van der Waals surface area contributed by atoms with Crippen molar-refractivity contribution in [3.05, 3.63) is 18.2 Å². The fourth-order valence-electron chi connectivity index (χ4n) is 2.22. The highest BCUT2D eigenvalue weighted by Crippen LogP contribution is 2.14. The van der Waals surface area contributed by atoms with Crippen LogP contribution in [0.25, 0.3) is 0 Å². The summed E-state index contributed by atoms with van der Waals surface area (Å²) in [6.07, 6.45) is 4.88.